The van der Waals surface area contributed by atoms with Crippen molar-refractivity contribution >= 4 is 34.2 Å². The predicted molar refractivity (Wildman–Crippen MR) is 124 cm³/mol. The second-order valence-corrected chi connectivity index (χ2v) is 8.07. The van der Waals surface area contributed by atoms with Gasteiger partial charge in [-0.05, 0) is 48.4 Å². The van der Waals surface area contributed by atoms with E-state index in [0.29, 0.717) is 23.1 Å². The van der Waals surface area contributed by atoms with Gasteiger partial charge < -0.3 is 14.6 Å². The number of phenols is 1. The summed E-state index contributed by atoms with van der Waals surface area (Å²) in [5, 5.41) is 10.4. The maximum absolute atomic E-state index is 13.4. The summed E-state index contributed by atoms with van der Waals surface area (Å²) in [6, 6.07) is 22.5. The van der Waals surface area contributed by atoms with Gasteiger partial charge in [0.2, 0.25) is 11.7 Å². The molecule has 31 heavy (non-hydrogen) atoms. The number of amidine groups is 1. The minimum atomic E-state index is -0.373. The van der Waals surface area contributed by atoms with Crippen LogP contribution in [-0.2, 0) is 11.2 Å². The van der Waals surface area contributed by atoms with Gasteiger partial charge in [0.05, 0.1) is 30.8 Å². The molecule has 4 rings (SSSR count). The van der Waals surface area contributed by atoms with Crippen molar-refractivity contribution in [3.05, 3.63) is 78.4 Å². The largest absolute Gasteiger partial charge is 0.502 e. The average molecular weight is 435 g/mol. The summed E-state index contributed by atoms with van der Waals surface area (Å²) in [6.45, 7) is 0. The van der Waals surface area contributed by atoms with Gasteiger partial charge in [0, 0.05) is 0 Å². The first kappa shape index (κ1) is 20.8. The van der Waals surface area contributed by atoms with Crippen LogP contribution >= 0.6 is 11.8 Å². The van der Waals surface area contributed by atoms with Crippen LogP contribution in [0.3, 0.4) is 0 Å². The topological polar surface area (TPSA) is 71.4 Å². The third kappa shape index (κ3) is 4.36. The van der Waals surface area contributed by atoms with Gasteiger partial charge in [-0.15, -0.1) is 0 Å². The van der Waals surface area contributed by atoms with Crippen LogP contribution in [-0.4, -0.2) is 35.7 Å². The van der Waals surface area contributed by atoms with Crippen molar-refractivity contribution in [3.63, 3.8) is 0 Å². The van der Waals surface area contributed by atoms with Gasteiger partial charge >= 0.3 is 0 Å². The SMILES string of the molecule is COc1cc(CC2S/C(=N\c3ccccc3)N(c3ccccc3)C2=O)cc(OC)c1O. The number of benzene rings is 3. The van der Waals surface area contributed by atoms with Gasteiger partial charge in [0.25, 0.3) is 0 Å². The maximum Gasteiger partial charge on any atom is 0.247 e. The van der Waals surface area contributed by atoms with Gasteiger partial charge in [-0.1, -0.05) is 48.2 Å². The number of hydrogen-bond acceptors (Lipinski definition) is 6. The Morgan fingerprint density at radius 1 is 0.968 bits per heavy atom. The van der Waals surface area contributed by atoms with E-state index >= 15 is 0 Å². The van der Waals surface area contributed by atoms with Crippen LogP contribution in [0.25, 0.3) is 0 Å². The molecule has 0 spiro atoms. The number of hydrogen-bond donors (Lipinski definition) is 1. The zero-order valence-electron chi connectivity index (χ0n) is 17.2. The van der Waals surface area contributed by atoms with Crippen molar-refractivity contribution in [2.24, 2.45) is 4.99 Å². The summed E-state index contributed by atoms with van der Waals surface area (Å²) in [4.78, 5) is 19.8. The molecule has 1 unspecified atom stereocenters. The Hall–Kier alpha value is -3.45. The Morgan fingerprint density at radius 3 is 2.13 bits per heavy atom. The standard InChI is InChI=1S/C24H22N2O4S/c1-29-19-13-16(14-20(30-2)22(19)27)15-21-23(28)26(18-11-7-4-8-12-18)24(31-21)25-17-9-5-3-6-10-17/h3-14,21,27H,15H2,1-2H3/b25-24-. The van der Waals surface area contributed by atoms with E-state index < -0.39 is 0 Å². The number of nitrogens with zero attached hydrogens (tertiary/aromatic N) is 2. The van der Waals surface area contributed by atoms with E-state index in [1.165, 1.54) is 26.0 Å². The van der Waals surface area contributed by atoms with Crippen LogP contribution in [0.2, 0.25) is 0 Å². The molecule has 0 aromatic heterocycles. The van der Waals surface area contributed by atoms with E-state index in [-0.39, 0.29) is 16.9 Å². The number of carbonyl (C=O) groups is 1. The minimum Gasteiger partial charge on any atom is -0.502 e. The van der Waals surface area contributed by atoms with Crippen LogP contribution < -0.4 is 14.4 Å². The molecule has 3 aromatic rings. The van der Waals surface area contributed by atoms with E-state index in [9.17, 15) is 9.90 Å². The van der Waals surface area contributed by atoms with E-state index in [1.54, 1.807) is 17.0 Å². The molecular weight excluding hydrogens is 412 g/mol. The number of amides is 1. The van der Waals surface area contributed by atoms with E-state index in [0.717, 1.165) is 16.9 Å². The second-order valence-electron chi connectivity index (χ2n) is 6.90. The molecule has 0 bridgehead atoms. The first-order chi connectivity index (χ1) is 15.1. The fraction of sp³-hybridized carbons (Fsp3) is 0.167. The summed E-state index contributed by atoms with van der Waals surface area (Å²) in [5.74, 6) is 0.513. The number of phenolic OH excluding ortho intramolecular Hbond substituents is 1. The van der Waals surface area contributed by atoms with Crippen molar-refractivity contribution in [3.8, 4) is 17.2 Å². The molecule has 0 aliphatic carbocycles. The van der Waals surface area contributed by atoms with Gasteiger partial charge in [0.1, 0.15) is 0 Å². The van der Waals surface area contributed by atoms with Crippen LogP contribution in [0.5, 0.6) is 17.2 Å². The molecule has 7 heteroatoms. The highest BCUT2D eigenvalue weighted by atomic mass is 32.2. The third-order valence-electron chi connectivity index (χ3n) is 4.89. The lowest BCUT2D eigenvalue weighted by atomic mass is 10.1. The molecule has 1 fully saturated rings. The predicted octanol–water partition coefficient (Wildman–Crippen LogP) is 4.79. The zero-order chi connectivity index (χ0) is 21.8. The fourth-order valence-corrected chi connectivity index (χ4v) is 4.58. The average Bonchev–Trinajstić information content (AvgIpc) is 3.10. The molecule has 1 aliphatic heterocycles. The summed E-state index contributed by atoms with van der Waals surface area (Å²) in [5.41, 5.74) is 2.39. The van der Waals surface area contributed by atoms with E-state index in [1.807, 2.05) is 60.7 Å². The summed E-state index contributed by atoms with van der Waals surface area (Å²) in [6.07, 6.45) is 0.438. The van der Waals surface area contributed by atoms with Crippen LogP contribution in [0.4, 0.5) is 11.4 Å². The zero-order valence-corrected chi connectivity index (χ0v) is 18.0. The molecule has 1 saturated heterocycles. The van der Waals surface area contributed by atoms with Crippen molar-refractivity contribution < 1.29 is 19.4 Å². The molecule has 6 nitrogen and oxygen atoms in total. The number of anilines is 1. The third-order valence-corrected chi connectivity index (χ3v) is 6.03. The lowest BCUT2D eigenvalue weighted by Crippen LogP contribution is -2.32. The Morgan fingerprint density at radius 2 is 1.55 bits per heavy atom. The molecule has 1 heterocycles. The van der Waals surface area contributed by atoms with Crippen LogP contribution in [0, 0.1) is 0 Å². The lowest BCUT2D eigenvalue weighted by molar-refractivity contribution is -0.116. The molecule has 0 saturated carbocycles. The molecule has 0 radical (unpaired) electrons. The minimum absolute atomic E-state index is 0.0445. The Bertz CT molecular complexity index is 1080. The Balaban J connectivity index is 1.69. The van der Waals surface area contributed by atoms with Gasteiger partial charge in [0.15, 0.2) is 16.7 Å². The smallest absolute Gasteiger partial charge is 0.247 e. The number of methoxy groups -OCH3 is 2. The van der Waals surface area contributed by atoms with Crippen molar-refractivity contribution in [2.45, 2.75) is 11.7 Å². The molecule has 1 atom stereocenters. The van der Waals surface area contributed by atoms with Crippen molar-refractivity contribution in [2.75, 3.05) is 19.1 Å². The van der Waals surface area contributed by atoms with E-state index in [2.05, 4.69) is 0 Å². The highest BCUT2D eigenvalue weighted by Gasteiger charge is 2.39. The maximum atomic E-state index is 13.4. The molecule has 1 aliphatic rings. The Labute approximate surface area is 185 Å². The lowest BCUT2D eigenvalue weighted by Gasteiger charge is -2.16. The molecule has 1 amide bonds. The van der Waals surface area contributed by atoms with E-state index in [4.69, 9.17) is 14.5 Å². The molecule has 1 N–H and O–H groups in total. The molecule has 158 valence electrons. The number of carbonyl (C=O) groups excluding carboxylic acids is 1. The highest BCUT2D eigenvalue weighted by Crippen LogP contribution is 2.40. The van der Waals surface area contributed by atoms with Crippen LogP contribution in [0.1, 0.15) is 5.56 Å². The quantitative estimate of drug-likeness (QED) is 0.604. The number of aliphatic imine (C=N–C) groups is 1. The van der Waals surface area contributed by atoms with Crippen LogP contribution in [0.15, 0.2) is 77.8 Å². The highest BCUT2D eigenvalue weighted by molar-refractivity contribution is 8.16. The fourth-order valence-electron chi connectivity index (χ4n) is 3.38. The first-order valence-electron chi connectivity index (χ1n) is 9.74. The summed E-state index contributed by atoms with van der Waals surface area (Å²) >= 11 is 1.42. The van der Waals surface area contributed by atoms with Crippen molar-refractivity contribution in [1.29, 1.82) is 0 Å². The van der Waals surface area contributed by atoms with Crippen molar-refractivity contribution in [1.82, 2.24) is 0 Å². The Kier molecular flexibility index (Phi) is 6.13. The van der Waals surface area contributed by atoms with Gasteiger partial charge in [-0.2, -0.15) is 0 Å². The van der Waals surface area contributed by atoms with Gasteiger partial charge in [-0.3, -0.25) is 9.69 Å². The monoisotopic (exact) mass is 434 g/mol. The first-order valence-corrected chi connectivity index (χ1v) is 10.6. The molecule has 3 aromatic carbocycles. The number of rotatable bonds is 6. The number of aromatic hydroxyl groups is 1. The second kappa shape index (κ2) is 9.14. The summed E-state index contributed by atoms with van der Waals surface area (Å²) < 4.78 is 10.5. The van der Waals surface area contributed by atoms with Gasteiger partial charge in [-0.25, -0.2) is 4.99 Å². The number of para-hydroxylation sites is 2. The summed E-state index contributed by atoms with van der Waals surface area (Å²) in [7, 11) is 2.96. The number of ether oxygens (including phenoxy) is 2. The molecular formula is C24H22N2O4S. The number of thioether (sulfide) groups is 1. The normalized spacial score (nSPS) is 17.2.